The molecular weight excluding hydrogens is 300 g/mol. The van der Waals surface area contributed by atoms with Crippen molar-refractivity contribution in [3.05, 3.63) is 29.3 Å². The fourth-order valence-corrected chi connectivity index (χ4v) is 2.02. The number of amides is 1. The molecule has 0 spiro atoms. The second kappa shape index (κ2) is 11.3. The van der Waals surface area contributed by atoms with Crippen LogP contribution in [-0.2, 0) is 4.79 Å². The molecule has 1 aromatic rings. The fraction of sp³-hybridized carbons (Fsp3) is 0.588. The predicted molar refractivity (Wildman–Crippen MR) is 94.1 cm³/mol. The summed E-state index contributed by atoms with van der Waals surface area (Å²) in [5.41, 5.74) is 2.36. The molecule has 0 aliphatic rings. The number of carbonyl (C=O) groups excluding carboxylic acids is 1. The van der Waals surface area contributed by atoms with Gasteiger partial charge >= 0.3 is 0 Å². The minimum absolute atomic E-state index is 0. The molecule has 0 bridgehead atoms. The maximum Gasteiger partial charge on any atom is 0.222 e. The van der Waals surface area contributed by atoms with E-state index in [1.54, 1.807) is 4.90 Å². The summed E-state index contributed by atoms with van der Waals surface area (Å²) in [7, 11) is 3.75. The van der Waals surface area contributed by atoms with Crippen LogP contribution < -0.4 is 10.1 Å². The number of ether oxygens (including phenoxy) is 1. The lowest BCUT2D eigenvalue weighted by Crippen LogP contribution is -2.32. The molecular formula is C17H29ClN2O2. The highest BCUT2D eigenvalue weighted by Gasteiger charge is 2.07. The van der Waals surface area contributed by atoms with Crippen LogP contribution in [0, 0.1) is 13.8 Å². The number of aryl methyl sites for hydroxylation is 2. The summed E-state index contributed by atoms with van der Waals surface area (Å²) in [5.74, 6) is 1.16. The van der Waals surface area contributed by atoms with Gasteiger partial charge in [-0.1, -0.05) is 12.1 Å². The molecule has 0 aromatic heterocycles. The van der Waals surface area contributed by atoms with Gasteiger partial charge < -0.3 is 15.0 Å². The van der Waals surface area contributed by atoms with E-state index in [-0.39, 0.29) is 18.3 Å². The van der Waals surface area contributed by atoms with Crippen molar-refractivity contribution in [1.82, 2.24) is 10.2 Å². The second-order valence-corrected chi connectivity index (χ2v) is 5.49. The summed E-state index contributed by atoms with van der Waals surface area (Å²) in [5, 5.41) is 3.04. The van der Waals surface area contributed by atoms with Crippen LogP contribution >= 0.6 is 12.4 Å². The molecule has 0 saturated carbocycles. The average Bonchev–Trinajstić information content (AvgIpc) is 2.47. The minimum atomic E-state index is 0. The largest absolute Gasteiger partial charge is 0.493 e. The molecule has 0 fully saturated rings. The van der Waals surface area contributed by atoms with Crippen LogP contribution in [0.15, 0.2) is 18.2 Å². The molecule has 1 N–H and O–H groups in total. The summed E-state index contributed by atoms with van der Waals surface area (Å²) >= 11 is 0. The summed E-state index contributed by atoms with van der Waals surface area (Å²) in [6.07, 6.45) is 2.36. The van der Waals surface area contributed by atoms with Crippen molar-refractivity contribution in [2.75, 3.05) is 33.8 Å². The zero-order valence-corrected chi connectivity index (χ0v) is 15.0. The van der Waals surface area contributed by atoms with Gasteiger partial charge in [0, 0.05) is 26.6 Å². The van der Waals surface area contributed by atoms with E-state index in [0.717, 1.165) is 37.2 Å². The molecule has 126 valence electrons. The number of carbonyl (C=O) groups is 1. The quantitative estimate of drug-likeness (QED) is 0.709. The van der Waals surface area contributed by atoms with Crippen LogP contribution in [0.3, 0.4) is 0 Å². The molecule has 1 rings (SSSR count). The Labute approximate surface area is 140 Å². The van der Waals surface area contributed by atoms with Crippen molar-refractivity contribution in [2.24, 2.45) is 0 Å². The molecule has 0 heterocycles. The SMILES string of the molecule is CNCCN(C)C(=O)CCCCOc1cc(C)ccc1C.Cl. The Morgan fingerprint density at radius 1 is 1.27 bits per heavy atom. The van der Waals surface area contributed by atoms with Gasteiger partial charge in [-0.2, -0.15) is 0 Å². The maximum atomic E-state index is 11.8. The van der Waals surface area contributed by atoms with E-state index in [4.69, 9.17) is 4.74 Å². The van der Waals surface area contributed by atoms with Gasteiger partial charge in [-0.25, -0.2) is 0 Å². The van der Waals surface area contributed by atoms with Crippen molar-refractivity contribution in [3.63, 3.8) is 0 Å². The van der Waals surface area contributed by atoms with Crippen LogP contribution in [0.25, 0.3) is 0 Å². The zero-order chi connectivity index (χ0) is 15.7. The number of hydrogen-bond donors (Lipinski definition) is 1. The molecule has 0 atom stereocenters. The Morgan fingerprint density at radius 3 is 2.68 bits per heavy atom. The van der Waals surface area contributed by atoms with Gasteiger partial charge in [-0.15, -0.1) is 12.4 Å². The average molecular weight is 329 g/mol. The third-order valence-corrected chi connectivity index (χ3v) is 3.51. The van der Waals surface area contributed by atoms with Crippen molar-refractivity contribution < 1.29 is 9.53 Å². The topological polar surface area (TPSA) is 41.6 Å². The van der Waals surface area contributed by atoms with E-state index in [1.165, 1.54) is 5.56 Å². The highest BCUT2D eigenvalue weighted by molar-refractivity contribution is 5.85. The molecule has 22 heavy (non-hydrogen) atoms. The molecule has 5 heteroatoms. The Kier molecular flexibility index (Phi) is 10.7. The smallest absolute Gasteiger partial charge is 0.222 e. The minimum Gasteiger partial charge on any atom is -0.493 e. The van der Waals surface area contributed by atoms with E-state index in [2.05, 4.69) is 37.4 Å². The van der Waals surface area contributed by atoms with Crippen molar-refractivity contribution >= 4 is 18.3 Å². The van der Waals surface area contributed by atoms with E-state index in [1.807, 2.05) is 14.1 Å². The van der Waals surface area contributed by atoms with Crippen LogP contribution in [-0.4, -0.2) is 44.6 Å². The third-order valence-electron chi connectivity index (χ3n) is 3.51. The lowest BCUT2D eigenvalue weighted by molar-refractivity contribution is -0.129. The molecule has 0 aliphatic heterocycles. The highest BCUT2D eigenvalue weighted by atomic mass is 35.5. The fourth-order valence-electron chi connectivity index (χ4n) is 2.02. The molecule has 1 amide bonds. The molecule has 0 radical (unpaired) electrons. The summed E-state index contributed by atoms with van der Waals surface area (Å²) in [4.78, 5) is 13.6. The number of benzene rings is 1. The standard InChI is InChI=1S/C17H28N2O2.ClH/c1-14-8-9-15(2)16(13-14)21-12-6-5-7-17(20)19(4)11-10-18-3;/h8-9,13,18H,5-7,10-12H2,1-4H3;1H. The first kappa shape index (κ1) is 20.7. The summed E-state index contributed by atoms with van der Waals surface area (Å²) in [6.45, 7) is 6.37. The van der Waals surface area contributed by atoms with Crippen LogP contribution in [0.5, 0.6) is 5.75 Å². The third kappa shape index (κ3) is 7.66. The van der Waals surface area contributed by atoms with E-state index < -0.39 is 0 Å². The molecule has 0 unspecified atom stereocenters. The molecule has 0 aliphatic carbocycles. The Balaban J connectivity index is 0.00000441. The first-order chi connectivity index (χ1) is 10.0. The Morgan fingerprint density at radius 2 is 2.00 bits per heavy atom. The van der Waals surface area contributed by atoms with Crippen LogP contribution in [0.1, 0.15) is 30.4 Å². The van der Waals surface area contributed by atoms with Crippen LogP contribution in [0.4, 0.5) is 0 Å². The zero-order valence-electron chi connectivity index (χ0n) is 14.1. The monoisotopic (exact) mass is 328 g/mol. The van der Waals surface area contributed by atoms with Gasteiger partial charge in [0.15, 0.2) is 0 Å². The maximum absolute atomic E-state index is 11.8. The van der Waals surface area contributed by atoms with E-state index in [0.29, 0.717) is 13.0 Å². The summed E-state index contributed by atoms with van der Waals surface area (Å²) < 4.78 is 5.79. The van der Waals surface area contributed by atoms with Gasteiger partial charge in [0.2, 0.25) is 5.91 Å². The lowest BCUT2D eigenvalue weighted by Gasteiger charge is -2.16. The highest BCUT2D eigenvalue weighted by Crippen LogP contribution is 2.19. The second-order valence-electron chi connectivity index (χ2n) is 5.49. The summed E-state index contributed by atoms with van der Waals surface area (Å²) in [6, 6.07) is 6.22. The molecule has 1 aromatic carbocycles. The number of unbranched alkanes of at least 4 members (excludes halogenated alkanes) is 1. The van der Waals surface area contributed by atoms with Crippen molar-refractivity contribution in [1.29, 1.82) is 0 Å². The number of halogens is 1. The van der Waals surface area contributed by atoms with E-state index in [9.17, 15) is 4.79 Å². The van der Waals surface area contributed by atoms with E-state index >= 15 is 0 Å². The number of rotatable bonds is 9. The van der Waals surface area contributed by atoms with Crippen molar-refractivity contribution in [3.8, 4) is 5.75 Å². The normalized spacial score (nSPS) is 10.0. The number of nitrogens with zero attached hydrogens (tertiary/aromatic N) is 1. The van der Waals surface area contributed by atoms with Gasteiger partial charge in [0.25, 0.3) is 0 Å². The predicted octanol–water partition coefficient (Wildman–Crippen LogP) is 2.95. The lowest BCUT2D eigenvalue weighted by atomic mass is 10.1. The number of likely N-dealkylation sites (N-methyl/N-ethyl adjacent to an activating group) is 2. The van der Waals surface area contributed by atoms with Gasteiger partial charge in [-0.3, -0.25) is 4.79 Å². The molecule has 0 saturated heterocycles. The van der Waals surface area contributed by atoms with Gasteiger partial charge in [0.1, 0.15) is 5.75 Å². The molecule has 4 nitrogen and oxygen atoms in total. The number of hydrogen-bond acceptors (Lipinski definition) is 3. The van der Waals surface area contributed by atoms with Gasteiger partial charge in [0.05, 0.1) is 6.61 Å². The first-order valence-electron chi connectivity index (χ1n) is 7.63. The number of nitrogens with one attached hydrogen (secondary N) is 1. The Hall–Kier alpha value is -1.26. The van der Waals surface area contributed by atoms with Gasteiger partial charge in [-0.05, 0) is 50.9 Å². The Bertz CT molecular complexity index is 452. The van der Waals surface area contributed by atoms with Crippen molar-refractivity contribution in [2.45, 2.75) is 33.1 Å². The van der Waals surface area contributed by atoms with Crippen LogP contribution in [0.2, 0.25) is 0 Å². The first-order valence-corrected chi connectivity index (χ1v) is 7.63.